The zero-order valence-electron chi connectivity index (χ0n) is 14.6. The first-order chi connectivity index (χ1) is 13.1. The lowest BCUT2D eigenvalue weighted by molar-refractivity contribution is -0.137. The highest BCUT2D eigenvalue weighted by Gasteiger charge is 2.30. The number of ether oxygens (including phenoxy) is 1. The third-order valence-electron chi connectivity index (χ3n) is 4.07. The van der Waals surface area contributed by atoms with Crippen molar-refractivity contribution < 1.29 is 26.3 Å². The number of imidazole rings is 1. The Morgan fingerprint density at radius 1 is 0.964 bits per heavy atom. The number of rotatable bonds is 5. The predicted molar refractivity (Wildman–Crippen MR) is 94.8 cm³/mol. The number of halogens is 3. The highest BCUT2D eigenvalue weighted by molar-refractivity contribution is 7.90. The minimum Gasteiger partial charge on any atom is -0.497 e. The van der Waals surface area contributed by atoms with Crippen molar-refractivity contribution in [2.45, 2.75) is 17.6 Å². The van der Waals surface area contributed by atoms with Crippen LogP contribution in [-0.4, -0.2) is 24.1 Å². The molecule has 1 aromatic heterocycles. The summed E-state index contributed by atoms with van der Waals surface area (Å²) in [4.78, 5) is 12.4. The van der Waals surface area contributed by atoms with Crippen LogP contribution in [0.15, 0.2) is 70.6 Å². The molecule has 3 aromatic rings. The average molecular weight is 412 g/mol. The smallest absolute Gasteiger partial charge is 0.416 e. The largest absolute Gasteiger partial charge is 0.497 e. The molecule has 0 fully saturated rings. The van der Waals surface area contributed by atoms with Crippen molar-refractivity contribution in [2.24, 2.45) is 0 Å². The first kappa shape index (κ1) is 19.7. The fourth-order valence-electron chi connectivity index (χ4n) is 2.56. The maximum absolute atomic E-state index is 12.7. The number of hydrogen-bond acceptors (Lipinski definition) is 4. The van der Waals surface area contributed by atoms with Gasteiger partial charge in [-0.05, 0) is 42.0 Å². The highest BCUT2D eigenvalue weighted by atomic mass is 32.2. The molecule has 0 aliphatic heterocycles. The van der Waals surface area contributed by atoms with E-state index in [0.717, 1.165) is 22.9 Å². The molecule has 0 saturated carbocycles. The van der Waals surface area contributed by atoms with Crippen LogP contribution in [0.3, 0.4) is 0 Å². The van der Waals surface area contributed by atoms with Crippen molar-refractivity contribution in [3.63, 3.8) is 0 Å². The lowest BCUT2D eigenvalue weighted by Crippen LogP contribution is -2.29. The molecule has 148 valence electrons. The zero-order valence-corrected chi connectivity index (χ0v) is 15.4. The molecule has 6 nitrogen and oxygen atoms in total. The molecule has 10 heteroatoms. The van der Waals surface area contributed by atoms with Crippen molar-refractivity contribution in [1.82, 2.24) is 8.54 Å². The number of benzene rings is 2. The summed E-state index contributed by atoms with van der Waals surface area (Å²) in [6, 6.07) is 9.84. The van der Waals surface area contributed by atoms with Gasteiger partial charge in [-0.15, -0.1) is 0 Å². The summed E-state index contributed by atoms with van der Waals surface area (Å²) in [7, 11) is -2.67. The topological polar surface area (TPSA) is 70.3 Å². The van der Waals surface area contributed by atoms with Crippen LogP contribution in [0.1, 0.15) is 11.1 Å². The van der Waals surface area contributed by atoms with E-state index in [1.54, 1.807) is 0 Å². The molecule has 0 aliphatic rings. The van der Waals surface area contributed by atoms with Crippen LogP contribution in [0, 0.1) is 0 Å². The number of alkyl halides is 3. The molecule has 0 spiro atoms. The van der Waals surface area contributed by atoms with Crippen LogP contribution in [0.5, 0.6) is 5.75 Å². The van der Waals surface area contributed by atoms with Crippen LogP contribution in [0.4, 0.5) is 13.2 Å². The minimum atomic E-state index is -4.45. The van der Waals surface area contributed by atoms with E-state index >= 15 is 0 Å². The van der Waals surface area contributed by atoms with Gasteiger partial charge in [0, 0.05) is 12.4 Å². The molecule has 0 radical (unpaired) electrons. The van der Waals surface area contributed by atoms with Crippen LogP contribution in [0.25, 0.3) is 0 Å². The van der Waals surface area contributed by atoms with E-state index in [1.165, 1.54) is 49.7 Å². The van der Waals surface area contributed by atoms with Gasteiger partial charge in [0.2, 0.25) is 0 Å². The van der Waals surface area contributed by atoms with Crippen molar-refractivity contribution in [2.75, 3.05) is 7.11 Å². The molecule has 0 N–H and O–H groups in total. The monoisotopic (exact) mass is 412 g/mol. The van der Waals surface area contributed by atoms with Gasteiger partial charge in [0.15, 0.2) is 0 Å². The SMILES string of the molecule is COc1ccc(S(=O)(=O)n2ccn(Cc3ccc(C(F)(F)F)cc3)c2=O)cc1. The molecule has 3 rings (SSSR count). The lowest BCUT2D eigenvalue weighted by atomic mass is 10.1. The van der Waals surface area contributed by atoms with Crippen LogP contribution < -0.4 is 10.4 Å². The van der Waals surface area contributed by atoms with Gasteiger partial charge in [-0.3, -0.25) is 4.57 Å². The molecule has 0 unspecified atom stereocenters. The molecule has 28 heavy (non-hydrogen) atoms. The Balaban J connectivity index is 1.88. The molecular weight excluding hydrogens is 397 g/mol. The van der Waals surface area contributed by atoms with Gasteiger partial charge in [-0.25, -0.2) is 13.2 Å². The molecule has 2 aromatic carbocycles. The quantitative estimate of drug-likeness (QED) is 0.646. The number of aromatic nitrogens is 2. The normalized spacial score (nSPS) is 12.1. The second-order valence-electron chi connectivity index (χ2n) is 5.88. The van der Waals surface area contributed by atoms with E-state index in [0.29, 0.717) is 15.3 Å². The summed E-state index contributed by atoms with van der Waals surface area (Å²) in [6.07, 6.45) is -2.09. The van der Waals surface area contributed by atoms with Crippen molar-refractivity contribution in [1.29, 1.82) is 0 Å². The van der Waals surface area contributed by atoms with E-state index in [2.05, 4.69) is 0 Å². The van der Waals surface area contributed by atoms with Crippen molar-refractivity contribution in [3.8, 4) is 5.75 Å². The maximum Gasteiger partial charge on any atom is 0.416 e. The van der Waals surface area contributed by atoms with E-state index in [1.807, 2.05) is 0 Å². The van der Waals surface area contributed by atoms with E-state index in [9.17, 15) is 26.4 Å². The molecular formula is C18H15F3N2O4S. The highest BCUT2D eigenvalue weighted by Crippen LogP contribution is 2.29. The lowest BCUT2D eigenvalue weighted by Gasteiger charge is -2.08. The summed E-state index contributed by atoms with van der Waals surface area (Å²) in [6.45, 7) is -0.0674. The van der Waals surface area contributed by atoms with Crippen LogP contribution >= 0.6 is 0 Å². The first-order valence-corrected chi connectivity index (χ1v) is 9.40. The second-order valence-corrected chi connectivity index (χ2v) is 7.69. The zero-order chi connectivity index (χ0) is 20.5. The Kier molecular flexibility index (Phi) is 5.07. The van der Waals surface area contributed by atoms with Crippen LogP contribution in [0.2, 0.25) is 0 Å². The fraction of sp³-hybridized carbons (Fsp3) is 0.167. The van der Waals surface area contributed by atoms with E-state index in [4.69, 9.17) is 4.74 Å². The molecule has 1 heterocycles. The van der Waals surface area contributed by atoms with Gasteiger partial charge < -0.3 is 4.74 Å². The standard InChI is InChI=1S/C18H15F3N2O4S/c1-27-15-6-8-16(9-7-15)28(25,26)23-11-10-22(17(23)24)12-13-2-4-14(5-3-13)18(19,20)21/h2-11H,12H2,1H3. The van der Waals surface area contributed by atoms with Gasteiger partial charge in [0.05, 0.1) is 24.1 Å². The summed E-state index contributed by atoms with van der Waals surface area (Å²) < 4.78 is 69.8. The molecule has 0 saturated heterocycles. The molecule has 0 aliphatic carbocycles. The fourth-order valence-corrected chi connectivity index (χ4v) is 3.79. The predicted octanol–water partition coefficient (Wildman–Crippen LogP) is 2.96. The minimum absolute atomic E-state index is 0.0674. The number of methoxy groups -OCH3 is 1. The summed E-state index contributed by atoms with van der Waals surface area (Å²) >= 11 is 0. The van der Waals surface area contributed by atoms with Crippen LogP contribution in [-0.2, 0) is 22.7 Å². The van der Waals surface area contributed by atoms with Gasteiger partial charge in [0.1, 0.15) is 5.75 Å². The Hall–Kier alpha value is -3.01. The summed E-state index contributed by atoms with van der Waals surface area (Å²) in [5.41, 5.74) is -1.20. The van der Waals surface area contributed by atoms with Crippen molar-refractivity contribution >= 4 is 10.0 Å². The van der Waals surface area contributed by atoms with Gasteiger partial charge in [-0.1, -0.05) is 12.1 Å². The van der Waals surface area contributed by atoms with Gasteiger partial charge in [-0.2, -0.15) is 17.1 Å². The Morgan fingerprint density at radius 3 is 2.11 bits per heavy atom. The second kappa shape index (κ2) is 7.19. The Labute approximate surface area is 158 Å². The van der Waals surface area contributed by atoms with E-state index < -0.39 is 27.5 Å². The van der Waals surface area contributed by atoms with E-state index in [-0.39, 0.29) is 11.4 Å². The number of nitrogens with zero attached hydrogens (tertiary/aromatic N) is 2. The third-order valence-corrected chi connectivity index (χ3v) is 5.73. The number of hydrogen-bond donors (Lipinski definition) is 0. The van der Waals surface area contributed by atoms with Crippen molar-refractivity contribution in [3.05, 3.63) is 82.5 Å². The average Bonchev–Trinajstić information content (AvgIpc) is 3.02. The summed E-state index contributed by atoms with van der Waals surface area (Å²) in [5.74, 6) is 0.464. The van der Waals surface area contributed by atoms with Gasteiger partial charge in [0.25, 0.3) is 10.0 Å². The Bertz CT molecular complexity index is 1130. The first-order valence-electron chi connectivity index (χ1n) is 7.96. The molecule has 0 amide bonds. The maximum atomic E-state index is 12.7. The molecule has 0 bridgehead atoms. The van der Waals surface area contributed by atoms with Gasteiger partial charge >= 0.3 is 11.9 Å². The Morgan fingerprint density at radius 2 is 1.57 bits per heavy atom. The summed E-state index contributed by atoms with van der Waals surface area (Å²) in [5, 5.41) is 0. The third kappa shape index (κ3) is 3.81. The molecule has 0 atom stereocenters.